The van der Waals surface area contributed by atoms with Crippen LogP contribution in [0, 0.1) is 0 Å². The number of piperidine rings is 1. The van der Waals surface area contributed by atoms with E-state index in [0.717, 1.165) is 35.1 Å². The first-order valence-corrected chi connectivity index (χ1v) is 9.02. The van der Waals surface area contributed by atoms with Gasteiger partial charge in [0.1, 0.15) is 10.8 Å². The van der Waals surface area contributed by atoms with Gasteiger partial charge in [0.05, 0.1) is 18.4 Å². The number of rotatable bonds is 5. The molecular formula is C18H25N3OS. The Morgan fingerprint density at radius 2 is 2.17 bits per heavy atom. The van der Waals surface area contributed by atoms with Crippen LogP contribution >= 0.6 is 11.3 Å². The zero-order valence-corrected chi connectivity index (χ0v) is 15.0. The third kappa shape index (κ3) is 3.91. The van der Waals surface area contributed by atoms with E-state index >= 15 is 0 Å². The van der Waals surface area contributed by atoms with Crippen molar-refractivity contribution >= 4 is 11.3 Å². The van der Waals surface area contributed by atoms with Gasteiger partial charge in [-0.25, -0.2) is 4.98 Å². The summed E-state index contributed by atoms with van der Waals surface area (Å²) in [5.41, 5.74) is 2.24. The number of benzene rings is 1. The molecule has 4 nitrogen and oxygen atoms in total. The van der Waals surface area contributed by atoms with E-state index in [4.69, 9.17) is 9.72 Å². The first-order chi connectivity index (χ1) is 11.2. The third-order valence-corrected chi connectivity index (χ3v) is 5.41. The van der Waals surface area contributed by atoms with Crippen molar-refractivity contribution < 1.29 is 4.74 Å². The van der Waals surface area contributed by atoms with Gasteiger partial charge in [0, 0.05) is 24.5 Å². The minimum absolute atomic E-state index is 0.663. The van der Waals surface area contributed by atoms with E-state index < -0.39 is 0 Å². The van der Waals surface area contributed by atoms with Gasteiger partial charge in [-0.05, 0) is 45.6 Å². The average molecular weight is 331 g/mol. The zero-order chi connectivity index (χ0) is 16.2. The van der Waals surface area contributed by atoms with Crippen LogP contribution in [0.3, 0.4) is 0 Å². The fraction of sp³-hybridized carbons (Fsp3) is 0.500. The van der Waals surface area contributed by atoms with Gasteiger partial charge < -0.3 is 9.64 Å². The van der Waals surface area contributed by atoms with Gasteiger partial charge in [0.25, 0.3) is 0 Å². The van der Waals surface area contributed by atoms with Crippen LogP contribution in [0.5, 0.6) is 5.75 Å². The summed E-state index contributed by atoms with van der Waals surface area (Å²) < 4.78 is 5.45. The summed E-state index contributed by atoms with van der Waals surface area (Å²) >= 11 is 1.70. The van der Waals surface area contributed by atoms with Crippen LogP contribution in [0.15, 0.2) is 29.6 Å². The van der Waals surface area contributed by atoms with Crippen LogP contribution in [0.25, 0.3) is 10.6 Å². The molecule has 0 spiro atoms. The normalized spacial score (nSPS) is 19.2. The summed E-state index contributed by atoms with van der Waals surface area (Å²) in [5.74, 6) is 0.888. The number of nitrogens with zero attached hydrogens (tertiary/aromatic N) is 3. The van der Waals surface area contributed by atoms with Gasteiger partial charge in [-0.1, -0.05) is 12.1 Å². The maximum absolute atomic E-state index is 5.45. The van der Waals surface area contributed by atoms with Crippen molar-refractivity contribution in [2.75, 3.05) is 34.3 Å². The molecule has 5 heteroatoms. The van der Waals surface area contributed by atoms with Crippen molar-refractivity contribution in [2.45, 2.75) is 25.4 Å². The second-order valence-corrected chi connectivity index (χ2v) is 7.20. The second-order valence-electron chi connectivity index (χ2n) is 6.34. The molecule has 0 N–H and O–H groups in total. The Balaban J connectivity index is 1.70. The quantitative estimate of drug-likeness (QED) is 0.840. The summed E-state index contributed by atoms with van der Waals surface area (Å²) in [6.07, 6.45) is 2.57. The van der Waals surface area contributed by atoms with Gasteiger partial charge in [0.2, 0.25) is 0 Å². The molecule has 1 saturated heterocycles. The zero-order valence-electron chi connectivity index (χ0n) is 14.2. The number of thiazole rings is 1. The molecule has 1 atom stereocenters. The van der Waals surface area contributed by atoms with Crippen LogP contribution in [0.4, 0.5) is 0 Å². The number of para-hydroxylation sites is 1. The van der Waals surface area contributed by atoms with Crippen LogP contribution < -0.4 is 4.74 Å². The predicted octanol–water partition coefficient (Wildman–Crippen LogP) is 3.34. The molecule has 124 valence electrons. The summed E-state index contributed by atoms with van der Waals surface area (Å²) in [6.45, 7) is 3.25. The van der Waals surface area contributed by atoms with Gasteiger partial charge in [-0.3, -0.25) is 4.90 Å². The smallest absolute Gasteiger partial charge is 0.129 e. The molecule has 1 aliphatic heterocycles. The Labute approximate surface area is 142 Å². The minimum atomic E-state index is 0.663. The van der Waals surface area contributed by atoms with Gasteiger partial charge in [-0.2, -0.15) is 0 Å². The van der Waals surface area contributed by atoms with E-state index in [1.165, 1.54) is 19.4 Å². The molecule has 23 heavy (non-hydrogen) atoms. The lowest BCUT2D eigenvalue weighted by molar-refractivity contribution is 0.127. The van der Waals surface area contributed by atoms with Crippen LogP contribution in [0.1, 0.15) is 18.5 Å². The fourth-order valence-corrected chi connectivity index (χ4v) is 3.99. The first-order valence-electron chi connectivity index (χ1n) is 8.14. The predicted molar refractivity (Wildman–Crippen MR) is 96.1 cm³/mol. The van der Waals surface area contributed by atoms with E-state index in [1.807, 2.05) is 18.2 Å². The molecule has 1 fully saturated rings. The molecule has 2 aromatic rings. The summed E-state index contributed by atoms with van der Waals surface area (Å²) in [7, 11) is 6.07. The average Bonchev–Trinajstić information content (AvgIpc) is 3.03. The summed E-state index contributed by atoms with van der Waals surface area (Å²) in [4.78, 5) is 9.70. The second kappa shape index (κ2) is 7.43. The largest absolute Gasteiger partial charge is 0.496 e. The summed E-state index contributed by atoms with van der Waals surface area (Å²) in [5, 5.41) is 3.22. The standard InChI is InChI=1S/C18H25N3OS/c1-20(2)15-7-6-10-21(12-15)11-14-13-23-18(19-14)16-8-4-5-9-17(16)22-3/h4-5,8-9,13,15H,6-7,10-12H2,1-3H3. The lowest BCUT2D eigenvalue weighted by Gasteiger charge is -2.35. The van der Waals surface area contributed by atoms with Crippen LogP contribution in [-0.4, -0.2) is 55.1 Å². The Morgan fingerprint density at radius 3 is 2.96 bits per heavy atom. The first kappa shape index (κ1) is 16.4. The number of methoxy groups -OCH3 is 1. The van der Waals surface area contributed by atoms with Crippen molar-refractivity contribution in [1.29, 1.82) is 0 Å². The number of likely N-dealkylation sites (tertiary alicyclic amines) is 1. The van der Waals surface area contributed by atoms with E-state index in [1.54, 1.807) is 18.4 Å². The molecule has 0 saturated carbocycles. The number of ether oxygens (including phenoxy) is 1. The minimum Gasteiger partial charge on any atom is -0.496 e. The molecule has 1 unspecified atom stereocenters. The molecule has 1 aliphatic rings. The molecular weight excluding hydrogens is 306 g/mol. The highest BCUT2D eigenvalue weighted by Crippen LogP contribution is 2.32. The van der Waals surface area contributed by atoms with Gasteiger partial charge in [-0.15, -0.1) is 11.3 Å². The fourth-order valence-electron chi connectivity index (χ4n) is 3.15. The van der Waals surface area contributed by atoms with Crippen molar-refractivity contribution in [3.05, 3.63) is 35.3 Å². The van der Waals surface area contributed by atoms with E-state index in [2.05, 4.69) is 35.3 Å². The maximum Gasteiger partial charge on any atom is 0.129 e. The molecule has 1 aromatic heterocycles. The number of hydrogen-bond acceptors (Lipinski definition) is 5. The lowest BCUT2D eigenvalue weighted by Crippen LogP contribution is -2.44. The van der Waals surface area contributed by atoms with Gasteiger partial charge >= 0.3 is 0 Å². The van der Waals surface area contributed by atoms with Crippen molar-refractivity contribution in [2.24, 2.45) is 0 Å². The van der Waals surface area contributed by atoms with Gasteiger partial charge in [0.15, 0.2) is 0 Å². The highest BCUT2D eigenvalue weighted by atomic mass is 32.1. The molecule has 3 rings (SSSR count). The topological polar surface area (TPSA) is 28.6 Å². The highest BCUT2D eigenvalue weighted by molar-refractivity contribution is 7.13. The Hall–Kier alpha value is -1.43. The monoisotopic (exact) mass is 331 g/mol. The Bertz CT molecular complexity index is 641. The number of aromatic nitrogens is 1. The molecule has 0 radical (unpaired) electrons. The summed E-state index contributed by atoms with van der Waals surface area (Å²) in [6, 6.07) is 8.75. The number of likely N-dealkylation sites (N-methyl/N-ethyl adjacent to an activating group) is 1. The van der Waals surface area contributed by atoms with E-state index in [9.17, 15) is 0 Å². The molecule has 0 bridgehead atoms. The van der Waals surface area contributed by atoms with Crippen molar-refractivity contribution in [1.82, 2.24) is 14.8 Å². The molecule has 2 heterocycles. The number of hydrogen-bond donors (Lipinski definition) is 0. The van der Waals surface area contributed by atoms with E-state index in [-0.39, 0.29) is 0 Å². The molecule has 1 aromatic carbocycles. The Kier molecular flexibility index (Phi) is 5.30. The third-order valence-electron chi connectivity index (χ3n) is 4.49. The molecule has 0 aliphatic carbocycles. The highest BCUT2D eigenvalue weighted by Gasteiger charge is 2.22. The van der Waals surface area contributed by atoms with Crippen molar-refractivity contribution in [3.8, 4) is 16.3 Å². The lowest BCUT2D eigenvalue weighted by atomic mass is 10.0. The van der Waals surface area contributed by atoms with E-state index in [0.29, 0.717) is 6.04 Å². The molecule has 0 amide bonds. The van der Waals surface area contributed by atoms with Crippen LogP contribution in [-0.2, 0) is 6.54 Å². The van der Waals surface area contributed by atoms with Crippen molar-refractivity contribution in [3.63, 3.8) is 0 Å². The Morgan fingerprint density at radius 1 is 1.35 bits per heavy atom. The maximum atomic E-state index is 5.45. The van der Waals surface area contributed by atoms with Crippen LogP contribution in [0.2, 0.25) is 0 Å². The SMILES string of the molecule is COc1ccccc1-c1nc(CN2CCCC(N(C)C)C2)cs1.